The van der Waals surface area contributed by atoms with Gasteiger partial charge in [-0.15, -0.1) is 24.0 Å². The van der Waals surface area contributed by atoms with Gasteiger partial charge in [-0.2, -0.15) is 0 Å². The van der Waals surface area contributed by atoms with E-state index in [0.29, 0.717) is 18.8 Å². The molecule has 2 rings (SSSR count). The molecule has 0 aliphatic heterocycles. The highest BCUT2D eigenvalue weighted by Crippen LogP contribution is 2.18. The van der Waals surface area contributed by atoms with Crippen LogP contribution in [0, 0.1) is 0 Å². The summed E-state index contributed by atoms with van der Waals surface area (Å²) in [5.41, 5.74) is 2.48. The lowest BCUT2D eigenvalue weighted by Gasteiger charge is -2.22. The molecular weight excluding hydrogens is 503 g/mol. The molecule has 7 nitrogen and oxygen atoms in total. The molecule has 29 heavy (non-hydrogen) atoms. The zero-order valence-corrected chi connectivity index (χ0v) is 20.3. The number of anilines is 1. The van der Waals surface area contributed by atoms with E-state index in [-0.39, 0.29) is 24.0 Å². The molecule has 0 aliphatic carbocycles. The Bertz CT molecular complexity index is 902. The Morgan fingerprint density at radius 2 is 1.79 bits per heavy atom. The van der Waals surface area contributed by atoms with Crippen molar-refractivity contribution >= 4 is 45.6 Å². The predicted molar refractivity (Wildman–Crippen MR) is 130 cm³/mol. The Labute approximate surface area is 190 Å². The first-order valence-corrected chi connectivity index (χ1v) is 10.9. The third-order valence-electron chi connectivity index (χ3n) is 3.99. The summed E-state index contributed by atoms with van der Waals surface area (Å²) in [6.07, 6.45) is 1.14. The van der Waals surface area contributed by atoms with Gasteiger partial charge in [-0.05, 0) is 36.2 Å². The van der Waals surface area contributed by atoms with E-state index in [0.717, 1.165) is 35.6 Å². The minimum Gasteiger partial charge on any atom is -0.497 e. The molecule has 0 amide bonds. The van der Waals surface area contributed by atoms with Crippen molar-refractivity contribution in [2.75, 3.05) is 31.7 Å². The van der Waals surface area contributed by atoms with Crippen molar-refractivity contribution in [1.29, 1.82) is 0 Å². The Hall–Kier alpha value is -2.01. The van der Waals surface area contributed by atoms with E-state index >= 15 is 0 Å². The number of halogens is 1. The molecule has 0 unspecified atom stereocenters. The molecule has 2 aromatic carbocycles. The van der Waals surface area contributed by atoms with Gasteiger partial charge in [0.1, 0.15) is 5.75 Å². The van der Waals surface area contributed by atoms with Crippen LogP contribution < -0.4 is 14.8 Å². The van der Waals surface area contributed by atoms with Crippen molar-refractivity contribution < 1.29 is 13.2 Å². The lowest BCUT2D eigenvalue weighted by atomic mass is 10.2. The first-order chi connectivity index (χ1) is 13.3. The molecule has 2 aromatic rings. The van der Waals surface area contributed by atoms with Crippen molar-refractivity contribution in [2.24, 2.45) is 4.99 Å². The summed E-state index contributed by atoms with van der Waals surface area (Å²) in [6.45, 7) is 3.78. The molecule has 0 atom stereocenters. The number of hydrogen-bond donors (Lipinski definition) is 2. The summed E-state index contributed by atoms with van der Waals surface area (Å²) in [5.74, 6) is 1.56. The number of nitrogens with one attached hydrogen (secondary N) is 2. The van der Waals surface area contributed by atoms with Gasteiger partial charge in [0, 0.05) is 20.1 Å². The summed E-state index contributed by atoms with van der Waals surface area (Å²) in [4.78, 5) is 6.70. The van der Waals surface area contributed by atoms with Gasteiger partial charge < -0.3 is 15.0 Å². The molecular formula is C20H29IN4O3S. The number of rotatable bonds is 8. The summed E-state index contributed by atoms with van der Waals surface area (Å²) in [5, 5.41) is 3.28. The molecule has 0 radical (unpaired) electrons. The maximum absolute atomic E-state index is 11.6. The fourth-order valence-electron chi connectivity index (χ4n) is 2.67. The van der Waals surface area contributed by atoms with E-state index in [9.17, 15) is 8.42 Å². The van der Waals surface area contributed by atoms with Crippen LogP contribution in [-0.4, -0.2) is 46.2 Å². The number of hydrogen-bond acceptors (Lipinski definition) is 4. The Morgan fingerprint density at radius 1 is 1.14 bits per heavy atom. The second-order valence-corrected chi connectivity index (χ2v) is 8.15. The third-order valence-corrected chi connectivity index (χ3v) is 4.58. The van der Waals surface area contributed by atoms with Crippen LogP contribution in [0.5, 0.6) is 5.75 Å². The van der Waals surface area contributed by atoms with Crippen molar-refractivity contribution in [2.45, 2.75) is 20.0 Å². The van der Waals surface area contributed by atoms with Gasteiger partial charge in [0.2, 0.25) is 10.0 Å². The molecule has 0 aromatic heterocycles. The first-order valence-electron chi connectivity index (χ1n) is 9.00. The topological polar surface area (TPSA) is 83.0 Å². The van der Waals surface area contributed by atoms with Crippen LogP contribution in [0.3, 0.4) is 0 Å². The second-order valence-electron chi connectivity index (χ2n) is 6.41. The number of sulfonamides is 1. The predicted octanol–water partition coefficient (Wildman–Crippen LogP) is 3.28. The molecule has 0 spiro atoms. The number of para-hydroxylation sites is 1. The van der Waals surface area contributed by atoms with E-state index in [1.165, 1.54) is 0 Å². The number of ether oxygens (including phenoxy) is 1. The summed E-state index contributed by atoms with van der Waals surface area (Å²) in [7, 11) is 0.265. The van der Waals surface area contributed by atoms with Crippen molar-refractivity contribution in [3.63, 3.8) is 0 Å². The highest BCUT2D eigenvalue weighted by Gasteiger charge is 2.09. The standard InChI is InChI=1S/C20H28N4O3S.HI/c1-5-21-20(24(2)15-16-10-12-18(27-3)13-11-16)22-14-17-8-6-7-9-19(17)23-28(4,25)26;/h6-13,23H,5,14-15H2,1-4H3,(H,21,22);1H. The minimum atomic E-state index is -3.35. The quantitative estimate of drug-likeness (QED) is 0.310. The van der Waals surface area contributed by atoms with Crippen LogP contribution in [0.2, 0.25) is 0 Å². The number of nitrogens with zero attached hydrogens (tertiary/aromatic N) is 2. The summed E-state index contributed by atoms with van der Waals surface area (Å²) < 4.78 is 30.9. The molecule has 9 heteroatoms. The molecule has 0 fully saturated rings. The van der Waals surface area contributed by atoms with Crippen LogP contribution in [-0.2, 0) is 23.1 Å². The van der Waals surface area contributed by atoms with Crippen LogP contribution >= 0.6 is 24.0 Å². The van der Waals surface area contributed by atoms with Crippen LogP contribution in [0.25, 0.3) is 0 Å². The van der Waals surface area contributed by atoms with Gasteiger partial charge in [-0.1, -0.05) is 30.3 Å². The zero-order chi connectivity index (χ0) is 20.6. The van der Waals surface area contributed by atoms with Crippen molar-refractivity contribution in [1.82, 2.24) is 10.2 Å². The summed E-state index contributed by atoms with van der Waals surface area (Å²) >= 11 is 0. The summed E-state index contributed by atoms with van der Waals surface area (Å²) in [6, 6.07) is 15.2. The van der Waals surface area contributed by atoms with Gasteiger partial charge in [-0.25, -0.2) is 13.4 Å². The Balaban J connectivity index is 0.00000420. The average Bonchev–Trinajstić information content (AvgIpc) is 2.65. The van der Waals surface area contributed by atoms with E-state index < -0.39 is 10.0 Å². The van der Waals surface area contributed by atoms with Gasteiger partial charge in [0.15, 0.2) is 5.96 Å². The van der Waals surface area contributed by atoms with E-state index in [2.05, 4.69) is 15.0 Å². The minimum absolute atomic E-state index is 0. The maximum Gasteiger partial charge on any atom is 0.229 e. The Kier molecular flexibility index (Phi) is 10.2. The van der Waals surface area contributed by atoms with Gasteiger partial charge >= 0.3 is 0 Å². The third kappa shape index (κ3) is 8.48. The number of methoxy groups -OCH3 is 1. The van der Waals surface area contributed by atoms with Gasteiger partial charge in [0.25, 0.3) is 0 Å². The average molecular weight is 532 g/mol. The van der Waals surface area contributed by atoms with Crippen molar-refractivity contribution in [3.05, 3.63) is 59.7 Å². The fraction of sp³-hybridized carbons (Fsp3) is 0.350. The largest absolute Gasteiger partial charge is 0.497 e. The first kappa shape index (κ1) is 25.0. The van der Waals surface area contributed by atoms with Gasteiger partial charge in [-0.3, -0.25) is 4.72 Å². The van der Waals surface area contributed by atoms with E-state index in [1.54, 1.807) is 19.2 Å². The maximum atomic E-state index is 11.6. The molecule has 0 aliphatic rings. The lowest BCUT2D eigenvalue weighted by Crippen LogP contribution is -2.38. The number of aliphatic imine (C=N–C) groups is 1. The molecule has 160 valence electrons. The molecule has 2 N–H and O–H groups in total. The molecule has 0 heterocycles. The molecule has 0 saturated heterocycles. The number of guanidine groups is 1. The van der Waals surface area contributed by atoms with Crippen LogP contribution in [0.1, 0.15) is 18.1 Å². The van der Waals surface area contributed by atoms with Crippen molar-refractivity contribution in [3.8, 4) is 5.75 Å². The van der Waals surface area contributed by atoms with Gasteiger partial charge in [0.05, 0.1) is 25.6 Å². The SMILES string of the molecule is CCNC(=NCc1ccccc1NS(C)(=O)=O)N(C)Cc1ccc(OC)cc1.I. The van der Waals surface area contributed by atoms with Crippen LogP contribution in [0.4, 0.5) is 5.69 Å². The highest BCUT2D eigenvalue weighted by atomic mass is 127. The smallest absolute Gasteiger partial charge is 0.229 e. The second kappa shape index (κ2) is 11.9. The van der Waals surface area contributed by atoms with E-state index in [1.807, 2.05) is 55.3 Å². The fourth-order valence-corrected chi connectivity index (χ4v) is 3.27. The normalized spacial score (nSPS) is 11.4. The van der Waals surface area contributed by atoms with E-state index in [4.69, 9.17) is 4.74 Å². The number of benzene rings is 2. The monoisotopic (exact) mass is 532 g/mol. The van der Waals surface area contributed by atoms with Crippen LogP contribution in [0.15, 0.2) is 53.5 Å². The molecule has 0 bridgehead atoms. The zero-order valence-electron chi connectivity index (χ0n) is 17.2. The Morgan fingerprint density at radius 3 is 2.38 bits per heavy atom. The lowest BCUT2D eigenvalue weighted by molar-refractivity contribution is 0.414. The molecule has 0 saturated carbocycles. The highest BCUT2D eigenvalue weighted by molar-refractivity contribution is 14.0.